The van der Waals surface area contributed by atoms with Crippen molar-refractivity contribution < 1.29 is 63.0 Å². The Labute approximate surface area is 387 Å². The van der Waals surface area contributed by atoms with Crippen molar-refractivity contribution >= 4 is 29.2 Å². The number of carbonyl (C=O) groups excluding carboxylic acids is 5. The lowest BCUT2D eigenvalue weighted by atomic mass is 9.78. The zero-order chi connectivity index (χ0) is 48.2. The molecule has 2 saturated heterocycles. The summed E-state index contributed by atoms with van der Waals surface area (Å²) in [4.78, 5) is 71.7. The van der Waals surface area contributed by atoms with Gasteiger partial charge in [0.25, 0.3) is 11.7 Å². The number of aliphatic hydroxyl groups excluding tert-OH is 2. The molecule has 3 heterocycles. The van der Waals surface area contributed by atoms with Crippen molar-refractivity contribution in [2.24, 2.45) is 35.5 Å². The second-order valence-electron chi connectivity index (χ2n) is 19.6. The summed E-state index contributed by atoms with van der Waals surface area (Å²) in [6, 6.07) is -1.14. The first-order valence-electron chi connectivity index (χ1n) is 23.9. The topological polar surface area (TPSA) is 195 Å². The van der Waals surface area contributed by atoms with Gasteiger partial charge in [-0.05, 0) is 107 Å². The van der Waals surface area contributed by atoms with Crippen LogP contribution in [0.1, 0.15) is 126 Å². The van der Waals surface area contributed by atoms with Crippen LogP contribution >= 0.6 is 0 Å². The second-order valence-corrected chi connectivity index (χ2v) is 19.6. The zero-order valence-corrected chi connectivity index (χ0v) is 40.6. The van der Waals surface area contributed by atoms with E-state index in [0.29, 0.717) is 63.4 Å². The van der Waals surface area contributed by atoms with Crippen LogP contribution in [0.3, 0.4) is 0 Å². The van der Waals surface area contributed by atoms with E-state index in [1.165, 1.54) is 12.0 Å². The van der Waals surface area contributed by atoms with E-state index in [0.717, 1.165) is 12.0 Å². The Bertz CT molecular complexity index is 1760. The summed E-state index contributed by atoms with van der Waals surface area (Å²) >= 11 is 0. The average Bonchev–Trinajstić information content (AvgIpc) is 3.28. The van der Waals surface area contributed by atoms with Crippen LogP contribution in [0.2, 0.25) is 0 Å². The molecule has 3 N–H and O–H groups in total. The standard InChI is InChI=1S/C51H79NO13/c1-30-16-12-11-13-17-31(2)42(61-8)28-38-21-19-36(7)51(60,65-38)48(57)49(58)52-23-15-14-18-39(52)50(59)64-43(33(4)26-37-20-22-40(53)44(27-37)62-9)29-41(54)32(3)25-35(6)46(56)47(63-10)45(55)34(5)24-30/h11-13,16-17,25,30,33-40,42-44,46-47,53,56,60H,14-15,18-24,26-29H2,1-10H3/b13-11?,16-12?,31-17?,32-25+. The molecule has 15 atom stereocenters. The number of hydrogen-bond donors (Lipinski definition) is 3. The minimum Gasteiger partial charge on any atom is -0.460 e. The van der Waals surface area contributed by atoms with E-state index in [4.69, 9.17) is 23.7 Å². The van der Waals surface area contributed by atoms with Gasteiger partial charge in [-0.1, -0.05) is 71.1 Å². The average molecular weight is 914 g/mol. The van der Waals surface area contributed by atoms with Crippen molar-refractivity contribution in [1.82, 2.24) is 4.90 Å². The Morgan fingerprint density at radius 3 is 2.26 bits per heavy atom. The molecule has 0 spiro atoms. The highest BCUT2D eigenvalue weighted by atomic mass is 16.6. The molecule has 366 valence electrons. The van der Waals surface area contributed by atoms with E-state index < -0.39 is 83.9 Å². The quantitative estimate of drug-likeness (QED) is 0.202. The van der Waals surface area contributed by atoms with Crippen LogP contribution in [0, 0.1) is 35.5 Å². The Morgan fingerprint density at radius 1 is 0.862 bits per heavy atom. The maximum Gasteiger partial charge on any atom is 0.329 e. The number of piperidine rings is 1. The van der Waals surface area contributed by atoms with Gasteiger partial charge in [0.2, 0.25) is 5.79 Å². The van der Waals surface area contributed by atoms with Crippen molar-refractivity contribution in [3.05, 3.63) is 47.6 Å². The lowest BCUT2D eigenvalue weighted by molar-refractivity contribution is -0.265. The van der Waals surface area contributed by atoms with Crippen LogP contribution in [0.15, 0.2) is 47.6 Å². The van der Waals surface area contributed by atoms with E-state index in [2.05, 4.69) is 0 Å². The lowest BCUT2D eigenvalue weighted by Crippen LogP contribution is -2.61. The molecule has 0 aromatic rings. The Balaban J connectivity index is 1.70. The van der Waals surface area contributed by atoms with E-state index in [1.807, 2.05) is 58.1 Å². The molecule has 1 saturated carbocycles. The molecule has 3 aliphatic heterocycles. The van der Waals surface area contributed by atoms with Crippen LogP contribution < -0.4 is 0 Å². The van der Waals surface area contributed by atoms with E-state index in [-0.39, 0.29) is 54.8 Å². The molecule has 1 aliphatic carbocycles. The number of allylic oxidation sites excluding steroid dienone is 6. The molecule has 65 heavy (non-hydrogen) atoms. The fourth-order valence-corrected chi connectivity index (χ4v) is 10.1. The van der Waals surface area contributed by atoms with Crippen LogP contribution in [0.4, 0.5) is 0 Å². The SMILES string of the molecule is COC1CC2CCC(C)C(O)(O2)C(=O)C(=O)N2CCCCC2C(=O)OC(C(C)CC2CCC(O)C(OC)C2)CC(=O)/C(C)=C/C(C)C(O)C(OC)C(=O)C(C)CC(C)C=CC=CC=C1C. The first kappa shape index (κ1) is 54.2. The van der Waals surface area contributed by atoms with Crippen molar-refractivity contribution in [3.8, 4) is 0 Å². The normalized spacial score (nSPS) is 38.6. The largest absolute Gasteiger partial charge is 0.460 e. The van der Waals surface area contributed by atoms with Crippen LogP contribution in [-0.4, -0.2) is 132 Å². The molecule has 4 rings (SSSR count). The molecular formula is C51H79NO13. The summed E-state index contributed by atoms with van der Waals surface area (Å²) in [5.74, 6) is -7.93. The van der Waals surface area contributed by atoms with Gasteiger partial charge in [-0.15, -0.1) is 0 Å². The molecule has 0 aromatic heterocycles. The number of cyclic esters (lactones) is 1. The summed E-state index contributed by atoms with van der Waals surface area (Å²) in [6.07, 6.45) is 11.2. The number of esters is 1. The first-order valence-corrected chi connectivity index (χ1v) is 23.9. The number of carbonyl (C=O) groups is 5. The molecule has 0 radical (unpaired) electrons. The van der Waals surface area contributed by atoms with E-state index >= 15 is 0 Å². The highest BCUT2D eigenvalue weighted by molar-refractivity contribution is 6.39. The van der Waals surface area contributed by atoms with Gasteiger partial charge in [0, 0.05) is 58.5 Å². The van der Waals surface area contributed by atoms with Crippen LogP contribution in [-0.2, 0) is 47.7 Å². The summed E-state index contributed by atoms with van der Waals surface area (Å²) in [6.45, 7) is 12.7. The molecule has 14 nitrogen and oxygen atoms in total. The van der Waals surface area contributed by atoms with Crippen LogP contribution in [0.5, 0.6) is 0 Å². The first-order chi connectivity index (χ1) is 30.7. The van der Waals surface area contributed by atoms with E-state index in [9.17, 15) is 39.3 Å². The van der Waals surface area contributed by atoms with Gasteiger partial charge in [0.1, 0.15) is 18.2 Å². The number of amides is 1. The highest BCUT2D eigenvalue weighted by Gasteiger charge is 2.53. The number of nitrogens with zero attached hydrogens (tertiary/aromatic N) is 1. The molecule has 15 unspecified atom stereocenters. The number of fused-ring (bicyclic) bond motifs is 3. The van der Waals surface area contributed by atoms with Gasteiger partial charge in [-0.3, -0.25) is 19.2 Å². The lowest BCUT2D eigenvalue weighted by Gasteiger charge is -2.42. The van der Waals surface area contributed by atoms with Gasteiger partial charge in [-0.2, -0.15) is 0 Å². The number of Topliss-reactive ketones (excluding diaryl/α,β-unsaturated/α-hetero) is 3. The minimum absolute atomic E-state index is 0.0220. The Kier molecular flexibility index (Phi) is 21.0. The second kappa shape index (κ2) is 25.1. The van der Waals surface area contributed by atoms with Gasteiger partial charge in [0.05, 0.1) is 30.5 Å². The van der Waals surface area contributed by atoms with Gasteiger partial charge < -0.3 is 43.9 Å². The van der Waals surface area contributed by atoms with Crippen molar-refractivity contribution in [2.45, 2.75) is 180 Å². The minimum atomic E-state index is -2.43. The zero-order valence-electron chi connectivity index (χ0n) is 40.6. The molecule has 0 aromatic carbocycles. The van der Waals surface area contributed by atoms with Gasteiger partial charge >= 0.3 is 5.97 Å². The maximum atomic E-state index is 14.4. The number of ketones is 3. The predicted molar refractivity (Wildman–Crippen MR) is 245 cm³/mol. The summed E-state index contributed by atoms with van der Waals surface area (Å²) in [7, 11) is 4.53. The molecule has 2 bridgehead atoms. The monoisotopic (exact) mass is 914 g/mol. The number of methoxy groups -OCH3 is 3. The summed E-state index contributed by atoms with van der Waals surface area (Å²) in [5.41, 5.74) is 1.19. The molecule has 1 amide bonds. The number of ether oxygens (including phenoxy) is 5. The highest BCUT2D eigenvalue weighted by Crippen LogP contribution is 2.38. The number of hydrogen-bond acceptors (Lipinski definition) is 13. The number of aliphatic hydroxyl groups is 3. The predicted octanol–water partition coefficient (Wildman–Crippen LogP) is 6.18. The third kappa shape index (κ3) is 14.3. The molecule has 14 heteroatoms. The Hall–Kier alpha value is -3.37. The summed E-state index contributed by atoms with van der Waals surface area (Å²) < 4.78 is 29.4. The third-order valence-corrected chi connectivity index (χ3v) is 14.5. The van der Waals surface area contributed by atoms with E-state index in [1.54, 1.807) is 41.1 Å². The number of rotatable bonds is 6. The van der Waals surface area contributed by atoms with Crippen molar-refractivity contribution in [2.75, 3.05) is 27.9 Å². The third-order valence-electron chi connectivity index (χ3n) is 14.5. The Morgan fingerprint density at radius 2 is 1.58 bits per heavy atom. The molecule has 3 fully saturated rings. The van der Waals surface area contributed by atoms with Crippen LogP contribution in [0.25, 0.3) is 0 Å². The fraction of sp³-hybridized carbons (Fsp3) is 0.745. The van der Waals surface area contributed by atoms with Crippen molar-refractivity contribution in [1.29, 1.82) is 0 Å². The smallest absolute Gasteiger partial charge is 0.329 e. The van der Waals surface area contributed by atoms with Gasteiger partial charge in [-0.25, -0.2) is 4.79 Å². The maximum absolute atomic E-state index is 14.4. The van der Waals surface area contributed by atoms with Crippen molar-refractivity contribution in [3.63, 3.8) is 0 Å². The summed E-state index contributed by atoms with van der Waals surface area (Å²) in [5, 5.41) is 33.9. The fourth-order valence-electron chi connectivity index (χ4n) is 10.1. The molecular weight excluding hydrogens is 835 g/mol. The van der Waals surface area contributed by atoms with Gasteiger partial charge in [0.15, 0.2) is 11.6 Å². The molecule has 4 aliphatic rings.